The lowest BCUT2D eigenvalue weighted by Crippen LogP contribution is -2.62. The maximum Gasteiger partial charge on any atom is 0.252 e. The van der Waals surface area contributed by atoms with Crippen LogP contribution in [0.5, 0.6) is 0 Å². The van der Waals surface area contributed by atoms with Crippen LogP contribution in [0.4, 0.5) is 45.5 Å². The van der Waals surface area contributed by atoms with E-state index in [1.807, 2.05) is 0 Å². The van der Waals surface area contributed by atoms with E-state index in [1.165, 1.54) is 147 Å². The molecule has 9 aromatic rings. The van der Waals surface area contributed by atoms with Crippen LogP contribution in [0.2, 0.25) is 0 Å². The van der Waals surface area contributed by atoms with E-state index < -0.39 is 0 Å². The molecule has 2 unspecified atom stereocenters. The summed E-state index contributed by atoms with van der Waals surface area (Å²) in [5.41, 5.74) is 30.8. The minimum Gasteiger partial charge on any atom is -0.334 e. The molecule has 0 bridgehead atoms. The Morgan fingerprint density at radius 2 is 0.778 bits per heavy atom. The predicted octanol–water partition coefficient (Wildman–Crippen LogP) is 22.1. The van der Waals surface area contributed by atoms with Gasteiger partial charge in [0.1, 0.15) is 0 Å². The fraction of sp³-hybridized carbons (Fsp3) is 0.372. The average Bonchev–Trinajstić information content (AvgIpc) is 1.16. The molecule has 3 nitrogen and oxygen atoms in total. The Labute approximate surface area is 541 Å². The van der Waals surface area contributed by atoms with Crippen molar-refractivity contribution in [1.82, 2.24) is 0 Å². The van der Waals surface area contributed by atoms with E-state index >= 15 is 0 Å². The van der Waals surface area contributed by atoms with Gasteiger partial charge in [-0.1, -0.05) is 252 Å². The summed E-state index contributed by atoms with van der Waals surface area (Å²) in [5.74, 6) is 0. The van der Waals surface area contributed by atoms with E-state index in [9.17, 15) is 0 Å². The first-order valence-corrected chi connectivity index (χ1v) is 33.9. The Kier molecular flexibility index (Phi) is 13.7. The average molecular weight is 1180 g/mol. The van der Waals surface area contributed by atoms with Crippen molar-refractivity contribution in [3.05, 3.63) is 221 Å². The third-order valence-corrected chi connectivity index (χ3v) is 22.7. The number of nitrogens with zero attached hydrogens (tertiary/aromatic N) is 3. The summed E-state index contributed by atoms with van der Waals surface area (Å²) in [6.45, 7) is 43.5. The van der Waals surface area contributed by atoms with Crippen LogP contribution in [-0.2, 0) is 37.9 Å². The second-order valence-corrected chi connectivity index (χ2v) is 33.7. The molecule has 1 fully saturated rings. The van der Waals surface area contributed by atoms with Gasteiger partial charge in [-0.15, -0.1) is 0 Å². The van der Waals surface area contributed by atoms with Crippen molar-refractivity contribution in [2.45, 2.75) is 207 Å². The molecule has 0 N–H and O–H groups in total. The molecule has 2 aliphatic carbocycles. The van der Waals surface area contributed by atoms with Gasteiger partial charge in [-0.25, -0.2) is 0 Å². The smallest absolute Gasteiger partial charge is 0.252 e. The molecule has 14 rings (SSSR count). The minimum absolute atomic E-state index is 0.0127. The lowest BCUT2D eigenvalue weighted by molar-refractivity contribution is 0.195. The highest BCUT2D eigenvalue weighted by Gasteiger charge is 2.58. The van der Waals surface area contributed by atoms with Crippen LogP contribution in [0.1, 0.15) is 202 Å². The summed E-state index contributed by atoms with van der Waals surface area (Å²) in [5, 5.41) is 0. The SMILES string of the molecule is CC(C)(C)c1ccc(-c2ccc3c(c2)C2(C)CCCCC2(C)N3c2cc3c4c(c2)N(c2ccc(C(C)(C)C)cc2-c2ccccc2)c2cc5c(cc2B4c2ccc(C(C)(C)C)cc2N3c2ccc(C(C)(C)C)cc2-c2ccccc2)C(C)(C)CCC5(C)C)cc1. The summed E-state index contributed by atoms with van der Waals surface area (Å²) < 4.78 is 0. The van der Waals surface area contributed by atoms with Gasteiger partial charge in [-0.05, 0) is 203 Å². The second kappa shape index (κ2) is 20.5. The normalized spacial score (nSPS) is 19.8. The van der Waals surface area contributed by atoms with E-state index in [-0.39, 0.29) is 50.2 Å². The molecule has 90 heavy (non-hydrogen) atoms. The van der Waals surface area contributed by atoms with E-state index in [4.69, 9.17) is 0 Å². The molecule has 0 saturated heterocycles. The molecule has 0 aromatic heterocycles. The summed E-state index contributed by atoms with van der Waals surface area (Å²) in [6, 6.07) is 72.7. The van der Waals surface area contributed by atoms with Crippen molar-refractivity contribution in [1.29, 1.82) is 0 Å². The molecule has 5 aliphatic rings. The van der Waals surface area contributed by atoms with Gasteiger partial charge in [0.25, 0.3) is 6.71 Å². The molecule has 458 valence electrons. The zero-order chi connectivity index (χ0) is 63.6. The zero-order valence-corrected chi connectivity index (χ0v) is 57.5. The molecule has 0 amide bonds. The van der Waals surface area contributed by atoms with Crippen LogP contribution in [0.25, 0.3) is 33.4 Å². The Bertz CT molecular complexity index is 4310. The summed E-state index contributed by atoms with van der Waals surface area (Å²) in [7, 11) is 0. The van der Waals surface area contributed by atoms with Crippen LogP contribution < -0.4 is 31.1 Å². The number of anilines is 8. The number of hydrogen-bond donors (Lipinski definition) is 0. The van der Waals surface area contributed by atoms with Gasteiger partial charge in [-0.3, -0.25) is 0 Å². The molecule has 0 spiro atoms. The third kappa shape index (κ3) is 9.48. The van der Waals surface area contributed by atoms with E-state index in [0.717, 1.165) is 25.7 Å². The fourth-order valence-electron chi connectivity index (χ4n) is 16.7. The van der Waals surface area contributed by atoms with Crippen LogP contribution in [0.3, 0.4) is 0 Å². The van der Waals surface area contributed by atoms with Crippen LogP contribution in [0.15, 0.2) is 182 Å². The fourth-order valence-corrected chi connectivity index (χ4v) is 16.7. The summed E-state index contributed by atoms with van der Waals surface area (Å²) in [6.07, 6.45) is 6.90. The van der Waals surface area contributed by atoms with Gasteiger partial charge in [-0.2, -0.15) is 0 Å². The van der Waals surface area contributed by atoms with Gasteiger partial charge in [0.15, 0.2) is 0 Å². The van der Waals surface area contributed by atoms with Crippen molar-refractivity contribution in [2.24, 2.45) is 0 Å². The summed E-state index contributed by atoms with van der Waals surface area (Å²) >= 11 is 0. The molecular weight excluding hydrogens is 1090 g/mol. The zero-order valence-electron chi connectivity index (χ0n) is 57.5. The maximum atomic E-state index is 2.87. The van der Waals surface area contributed by atoms with Crippen molar-refractivity contribution < 1.29 is 0 Å². The molecular formula is C86H96BN3. The second-order valence-electron chi connectivity index (χ2n) is 33.7. The number of benzene rings is 9. The van der Waals surface area contributed by atoms with Gasteiger partial charge < -0.3 is 14.7 Å². The molecule has 4 heteroatoms. The highest BCUT2D eigenvalue weighted by molar-refractivity contribution is 7.00. The molecule has 3 aliphatic heterocycles. The lowest BCUT2D eigenvalue weighted by atomic mass is 9.33. The Morgan fingerprint density at radius 1 is 0.333 bits per heavy atom. The first-order chi connectivity index (χ1) is 42.4. The van der Waals surface area contributed by atoms with Crippen LogP contribution in [-0.4, -0.2) is 12.3 Å². The lowest BCUT2D eigenvalue weighted by Gasteiger charge is -2.51. The molecule has 0 radical (unpaired) electrons. The van der Waals surface area contributed by atoms with Crippen LogP contribution in [0, 0.1) is 0 Å². The van der Waals surface area contributed by atoms with Gasteiger partial charge in [0.2, 0.25) is 0 Å². The maximum absolute atomic E-state index is 2.87. The number of fused-ring (bicyclic) bond motifs is 8. The highest BCUT2D eigenvalue weighted by atomic mass is 15.3. The molecule has 3 heterocycles. The largest absolute Gasteiger partial charge is 0.334 e. The van der Waals surface area contributed by atoms with Crippen molar-refractivity contribution in [3.63, 3.8) is 0 Å². The Balaban J connectivity index is 1.15. The standard InChI is InChI=1S/C86H96BN3/c1-79(2,3)59-34-31-55(32-35-59)58-33-40-73-68(47-58)85(17)43-25-26-44-86(85,18)90(73)63-51-76-78-77(52-63)89(72-42-38-61(81(7,8)9)49-65(72)57-29-23-20-24-30-57)75-54-67-66(83(13,14)45-46-84(67,15)16)53-70(75)87(78)69-39-36-62(82(10,11)12)50-74(69)88(76)71-41-37-60(80(4,5)6)48-64(71)56-27-21-19-22-28-56/h19-24,27-42,47-54H,25-26,43-46H2,1-18H3. The van der Waals surface area contributed by atoms with Crippen molar-refractivity contribution >= 4 is 68.6 Å². The van der Waals surface area contributed by atoms with Crippen molar-refractivity contribution in [3.8, 4) is 33.4 Å². The molecule has 2 atom stereocenters. The van der Waals surface area contributed by atoms with Crippen molar-refractivity contribution in [2.75, 3.05) is 14.7 Å². The topological polar surface area (TPSA) is 9.72 Å². The number of rotatable bonds is 6. The molecule has 9 aromatic carbocycles. The predicted molar refractivity (Wildman–Crippen MR) is 390 cm³/mol. The Hall–Kier alpha value is -7.56. The van der Waals surface area contributed by atoms with E-state index in [2.05, 4.69) is 321 Å². The van der Waals surface area contributed by atoms with Gasteiger partial charge >= 0.3 is 0 Å². The highest BCUT2D eigenvalue weighted by Crippen LogP contribution is 2.63. The minimum atomic E-state index is -0.237. The third-order valence-electron chi connectivity index (χ3n) is 22.7. The monoisotopic (exact) mass is 1180 g/mol. The first kappa shape index (κ1) is 60.0. The van der Waals surface area contributed by atoms with Crippen LogP contribution >= 0.6 is 0 Å². The van der Waals surface area contributed by atoms with E-state index in [1.54, 1.807) is 0 Å². The van der Waals surface area contributed by atoms with E-state index in [0.29, 0.717) is 0 Å². The Morgan fingerprint density at radius 3 is 1.30 bits per heavy atom. The number of hydrogen-bond acceptors (Lipinski definition) is 3. The van der Waals surface area contributed by atoms with Gasteiger partial charge in [0.05, 0.1) is 16.9 Å². The quantitative estimate of drug-likeness (QED) is 0.154. The molecule has 1 saturated carbocycles. The summed E-state index contributed by atoms with van der Waals surface area (Å²) in [4.78, 5) is 8.39. The first-order valence-electron chi connectivity index (χ1n) is 33.9. The van der Waals surface area contributed by atoms with Gasteiger partial charge in [0, 0.05) is 50.7 Å².